The van der Waals surface area contributed by atoms with Crippen LogP contribution < -0.4 is 10.1 Å². The van der Waals surface area contributed by atoms with E-state index < -0.39 is 6.67 Å². The van der Waals surface area contributed by atoms with Crippen LogP contribution in [0.5, 0.6) is 5.75 Å². The van der Waals surface area contributed by atoms with Gasteiger partial charge in [-0.25, -0.2) is 4.39 Å². The maximum Gasteiger partial charge on any atom is 0.124 e. The number of alkyl halides is 1. The Hall–Kier alpha value is -1.09. The summed E-state index contributed by atoms with van der Waals surface area (Å²) in [6.07, 6.45) is 4.61. The number of rotatable bonds is 4. The lowest BCUT2D eigenvalue weighted by Crippen LogP contribution is -2.35. The summed E-state index contributed by atoms with van der Waals surface area (Å²) in [5.74, 6) is 0.667. The minimum Gasteiger partial charge on any atom is -0.496 e. The van der Waals surface area contributed by atoms with Crippen LogP contribution in [-0.4, -0.2) is 19.7 Å². The first kappa shape index (κ1) is 12.4. The molecule has 17 heavy (non-hydrogen) atoms. The lowest BCUT2D eigenvalue weighted by atomic mass is 9.95. The Kier molecular flexibility index (Phi) is 4.37. The van der Waals surface area contributed by atoms with Crippen LogP contribution in [-0.2, 0) is 13.1 Å². The maximum absolute atomic E-state index is 13.1. The molecule has 0 saturated carbocycles. The van der Waals surface area contributed by atoms with Crippen molar-refractivity contribution in [2.75, 3.05) is 13.7 Å². The van der Waals surface area contributed by atoms with E-state index in [1.165, 1.54) is 19.3 Å². The molecule has 0 aromatic heterocycles. The number of nitrogens with one attached hydrogen (secondary N) is 1. The van der Waals surface area contributed by atoms with Crippen LogP contribution in [0.15, 0.2) is 18.2 Å². The van der Waals surface area contributed by atoms with Gasteiger partial charge in [0, 0.05) is 11.6 Å². The van der Waals surface area contributed by atoms with Crippen LogP contribution >= 0.6 is 0 Å². The second-order valence-corrected chi connectivity index (χ2v) is 4.58. The summed E-state index contributed by atoms with van der Waals surface area (Å²) >= 11 is 0. The van der Waals surface area contributed by atoms with E-state index in [1.54, 1.807) is 7.11 Å². The van der Waals surface area contributed by atoms with E-state index in [4.69, 9.17) is 4.74 Å². The molecule has 94 valence electrons. The Labute approximate surface area is 102 Å². The monoisotopic (exact) mass is 237 g/mol. The van der Waals surface area contributed by atoms with E-state index in [2.05, 4.69) is 5.32 Å². The van der Waals surface area contributed by atoms with E-state index in [0.717, 1.165) is 18.5 Å². The van der Waals surface area contributed by atoms with Crippen molar-refractivity contribution in [3.8, 4) is 5.75 Å². The highest BCUT2D eigenvalue weighted by Crippen LogP contribution is 2.25. The van der Waals surface area contributed by atoms with Gasteiger partial charge in [-0.3, -0.25) is 0 Å². The molecule has 1 aliphatic heterocycles. The molecule has 1 aromatic rings. The molecule has 1 unspecified atom stereocenters. The number of piperidine rings is 1. The van der Waals surface area contributed by atoms with Gasteiger partial charge in [0.25, 0.3) is 0 Å². The zero-order valence-electron chi connectivity index (χ0n) is 10.3. The molecule has 3 heteroatoms. The maximum atomic E-state index is 13.1. The molecule has 2 rings (SSSR count). The Morgan fingerprint density at radius 1 is 1.41 bits per heavy atom. The van der Waals surface area contributed by atoms with Crippen LogP contribution in [0.4, 0.5) is 4.39 Å². The molecule has 1 saturated heterocycles. The number of benzene rings is 1. The van der Waals surface area contributed by atoms with Crippen LogP contribution in [0.3, 0.4) is 0 Å². The molecule has 1 aromatic carbocycles. The van der Waals surface area contributed by atoms with Gasteiger partial charge in [0.15, 0.2) is 0 Å². The first-order chi connectivity index (χ1) is 8.35. The van der Waals surface area contributed by atoms with Crippen LogP contribution in [0.1, 0.15) is 30.4 Å². The fourth-order valence-corrected chi connectivity index (χ4v) is 2.51. The van der Waals surface area contributed by atoms with Gasteiger partial charge >= 0.3 is 0 Å². The molecule has 0 aliphatic carbocycles. The fraction of sp³-hybridized carbons (Fsp3) is 0.571. The van der Waals surface area contributed by atoms with Gasteiger partial charge in [-0.2, -0.15) is 0 Å². The quantitative estimate of drug-likeness (QED) is 0.869. The Balaban J connectivity index is 2.13. The molecule has 1 aliphatic rings. The van der Waals surface area contributed by atoms with E-state index in [9.17, 15) is 4.39 Å². The van der Waals surface area contributed by atoms with E-state index >= 15 is 0 Å². The minimum atomic E-state index is -0.452. The molecule has 1 N–H and O–H groups in total. The molecule has 1 atom stereocenters. The third kappa shape index (κ3) is 2.97. The molecule has 0 radical (unpaired) electrons. The SMILES string of the molecule is COc1cccc(CC2CCCCN2)c1CF. The fourth-order valence-electron chi connectivity index (χ4n) is 2.51. The summed E-state index contributed by atoms with van der Waals surface area (Å²) in [4.78, 5) is 0. The average Bonchev–Trinajstić information content (AvgIpc) is 2.39. The standard InChI is InChI=1S/C14H20FNO/c1-17-14-7-4-5-11(13(14)10-15)9-12-6-2-3-8-16-12/h4-5,7,12,16H,2-3,6,8-10H2,1H3. The number of hydrogen-bond acceptors (Lipinski definition) is 2. The van der Waals surface area contributed by atoms with Gasteiger partial charge in [-0.05, 0) is 37.4 Å². The zero-order chi connectivity index (χ0) is 12.1. The first-order valence-electron chi connectivity index (χ1n) is 6.29. The zero-order valence-corrected chi connectivity index (χ0v) is 10.3. The molecule has 2 nitrogen and oxygen atoms in total. The Bertz CT molecular complexity index is 361. The van der Waals surface area contributed by atoms with Gasteiger partial charge in [-0.15, -0.1) is 0 Å². The van der Waals surface area contributed by atoms with Crippen molar-refractivity contribution in [3.05, 3.63) is 29.3 Å². The average molecular weight is 237 g/mol. The summed E-state index contributed by atoms with van der Waals surface area (Å²) in [6.45, 7) is 0.631. The third-order valence-electron chi connectivity index (χ3n) is 3.46. The Morgan fingerprint density at radius 3 is 2.94 bits per heavy atom. The lowest BCUT2D eigenvalue weighted by Gasteiger charge is -2.24. The van der Waals surface area contributed by atoms with Crippen molar-refractivity contribution in [3.63, 3.8) is 0 Å². The minimum absolute atomic E-state index is 0.452. The number of halogens is 1. The molecular weight excluding hydrogens is 217 g/mol. The van der Waals surface area contributed by atoms with E-state index in [1.807, 2.05) is 18.2 Å². The highest BCUT2D eigenvalue weighted by Gasteiger charge is 2.16. The second kappa shape index (κ2) is 6.01. The van der Waals surface area contributed by atoms with Crippen molar-refractivity contribution in [2.24, 2.45) is 0 Å². The first-order valence-corrected chi connectivity index (χ1v) is 6.29. The normalized spacial score (nSPS) is 20.2. The largest absolute Gasteiger partial charge is 0.496 e. The topological polar surface area (TPSA) is 21.3 Å². The van der Waals surface area contributed by atoms with Crippen LogP contribution in [0, 0.1) is 0 Å². The molecule has 0 amide bonds. The van der Waals surface area contributed by atoms with Crippen LogP contribution in [0.25, 0.3) is 0 Å². The highest BCUT2D eigenvalue weighted by atomic mass is 19.1. The molecule has 0 spiro atoms. The molecule has 1 fully saturated rings. The van der Waals surface area contributed by atoms with Crippen molar-refractivity contribution in [1.82, 2.24) is 5.32 Å². The van der Waals surface area contributed by atoms with Crippen molar-refractivity contribution in [1.29, 1.82) is 0 Å². The predicted octanol–water partition coefficient (Wildman–Crippen LogP) is 2.85. The van der Waals surface area contributed by atoms with Gasteiger partial charge in [-0.1, -0.05) is 18.6 Å². The smallest absolute Gasteiger partial charge is 0.124 e. The molecular formula is C14H20FNO. The van der Waals surface area contributed by atoms with Crippen molar-refractivity contribution >= 4 is 0 Å². The van der Waals surface area contributed by atoms with Gasteiger partial charge in [0.05, 0.1) is 7.11 Å². The van der Waals surface area contributed by atoms with Crippen LogP contribution in [0.2, 0.25) is 0 Å². The van der Waals surface area contributed by atoms with Gasteiger partial charge in [0.2, 0.25) is 0 Å². The summed E-state index contributed by atoms with van der Waals surface area (Å²) in [7, 11) is 1.59. The molecule has 1 heterocycles. The summed E-state index contributed by atoms with van der Waals surface area (Å²) < 4.78 is 18.3. The summed E-state index contributed by atoms with van der Waals surface area (Å²) in [6, 6.07) is 6.26. The van der Waals surface area contributed by atoms with Gasteiger partial charge < -0.3 is 10.1 Å². The second-order valence-electron chi connectivity index (χ2n) is 4.58. The third-order valence-corrected chi connectivity index (χ3v) is 3.46. The van der Waals surface area contributed by atoms with Crippen molar-refractivity contribution in [2.45, 2.75) is 38.4 Å². The number of methoxy groups -OCH3 is 1. The number of ether oxygens (including phenoxy) is 1. The molecule has 0 bridgehead atoms. The lowest BCUT2D eigenvalue weighted by molar-refractivity contribution is 0.382. The Morgan fingerprint density at radius 2 is 2.29 bits per heavy atom. The van der Waals surface area contributed by atoms with Gasteiger partial charge in [0.1, 0.15) is 12.4 Å². The van der Waals surface area contributed by atoms with E-state index in [0.29, 0.717) is 17.4 Å². The summed E-state index contributed by atoms with van der Waals surface area (Å²) in [5, 5.41) is 3.49. The number of hydrogen-bond donors (Lipinski definition) is 1. The van der Waals surface area contributed by atoms with Crippen molar-refractivity contribution < 1.29 is 9.13 Å². The highest BCUT2D eigenvalue weighted by molar-refractivity contribution is 5.40. The summed E-state index contributed by atoms with van der Waals surface area (Å²) in [5.41, 5.74) is 1.79. The van der Waals surface area contributed by atoms with E-state index in [-0.39, 0.29) is 0 Å². The predicted molar refractivity (Wildman–Crippen MR) is 67.2 cm³/mol.